The Morgan fingerprint density at radius 3 is 3.15 bits per heavy atom. The molecule has 0 radical (unpaired) electrons. The molecule has 4 rings (SSSR count). The lowest BCUT2D eigenvalue weighted by molar-refractivity contribution is -0.214. The van der Waals surface area contributed by atoms with Crippen molar-refractivity contribution in [3.63, 3.8) is 0 Å². The summed E-state index contributed by atoms with van der Waals surface area (Å²) in [5.74, 6) is -0.0983. The van der Waals surface area contributed by atoms with Crippen molar-refractivity contribution in [1.29, 1.82) is 0 Å². The maximum atomic E-state index is 11.9. The molecule has 1 heterocycles. The van der Waals surface area contributed by atoms with E-state index in [1.807, 2.05) is 6.08 Å². The zero-order chi connectivity index (χ0) is 9.05. The Bertz CT molecular complexity index is 297. The van der Waals surface area contributed by atoms with Gasteiger partial charge in [-0.25, -0.2) is 0 Å². The van der Waals surface area contributed by atoms with Crippen LogP contribution in [0.2, 0.25) is 0 Å². The van der Waals surface area contributed by atoms with Gasteiger partial charge >= 0.3 is 0 Å². The first kappa shape index (κ1) is 7.71. The van der Waals surface area contributed by atoms with E-state index >= 15 is 0 Å². The Hall–Kier alpha value is -0.670. The maximum Gasteiger partial charge on any atom is 0.236 e. The molecule has 1 saturated carbocycles. The van der Waals surface area contributed by atoms with Crippen LogP contribution in [0.3, 0.4) is 0 Å². The SMILES string of the molecule is CO[C@]12OC[C@@H]3C[C@@H](C=C[C@@H]31)C2=O. The zero-order valence-electron chi connectivity index (χ0n) is 7.53. The molecule has 0 unspecified atom stereocenters. The van der Waals surface area contributed by atoms with Gasteiger partial charge in [-0.05, 0) is 12.3 Å². The molecule has 2 fully saturated rings. The number of ketones is 1. The molecular weight excluding hydrogens is 168 g/mol. The van der Waals surface area contributed by atoms with E-state index in [-0.39, 0.29) is 17.6 Å². The highest BCUT2D eigenvalue weighted by molar-refractivity contribution is 5.92. The highest BCUT2D eigenvalue weighted by atomic mass is 16.7. The molecule has 70 valence electrons. The minimum Gasteiger partial charge on any atom is -0.347 e. The third-order valence-corrected chi connectivity index (χ3v) is 3.55. The van der Waals surface area contributed by atoms with E-state index in [1.165, 1.54) is 0 Å². The lowest BCUT2D eigenvalue weighted by atomic mass is 9.67. The summed E-state index contributed by atoms with van der Waals surface area (Å²) in [4.78, 5) is 11.9. The number of ether oxygens (including phenoxy) is 2. The van der Waals surface area contributed by atoms with Gasteiger partial charge in [-0.15, -0.1) is 0 Å². The molecule has 1 saturated heterocycles. The summed E-state index contributed by atoms with van der Waals surface area (Å²) in [5, 5.41) is 0. The van der Waals surface area contributed by atoms with Crippen molar-refractivity contribution in [1.82, 2.24) is 0 Å². The van der Waals surface area contributed by atoms with Gasteiger partial charge in [-0.2, -0.15) is 0 Å². The molecule has 4 atom stereocenters. The van der Waals surface area contributed by atoms with Gasteiger partial charge in [0.2, 0.25) is 5.79 Å². The van der Waals surface area contributed by atoms with Crippen LogP contribution in [0.4, 0.5) is 0 Å². The van der Waals surface area contributed by atoms with Gasteiger partial charge in [-0.3, -0.25) is 4.79 Å². The van der Waals surface area contributed by atoms with E-state index in [9.17, 15) is 4.79 Å². The first-order valence-corrected chi connectivity index (χ1v) is 4.69. The van der Waals surface area contributed by atoms with E-state index in [0.717, 1.165) is 6.42 Å². The van der Waals surface area contributed by atoms with E-state index in [2.05, 4.69) is 6.08 Å². The molecule has 0 amide bonds. The largest absolute Gasteiger partial charge is 0.347 e. The maximum absolute atomic E-state index is 11.9. The highest BCUT2D eigenvalue weighted by Gasteiger charge is 2.62. The molecule has 0 aromatic rings. The van der Waals surface area contributed by atoms with Crippen molar-refractivity contribution in [2.24, 2.45) is 17.8 Å². The zero-order valence-corrected chi connectivity index (χ0v) is 7.53. The van der Waals surface area contributed by atoms with Crippen LogP contribution < -0.4 is 0 Å². The summed E-state index contributed by atoms with van der Waals surface area (Å²) >= 11 is 0. The van der Waals surface area contributed by atoms with Crippen LogP contribution in [0.15, 0.2) is 12.2 Å². The molecular formula is C10H12O3. The monoisotopic (exact) mass is 180 g/mol. The number of methoxy groups -OCH3 is 1. The quantitative estimate of drug-likeness (QED) is 0.558. The molecule has 0 aromatic carbocycles. The third-order valence-electron chi connectivity index (χ3n) is 3.55. The Kier molecular flexibility index (Phi) is 1.32. The molecule has 0 aromatic heterocycles. The van der Waals surface area contributed by atoms with Crippen LogP contribution >= 0.6 is 0 Å². The number of rotatable bonds is 1. The van der Waals surface area contributed by atoms with Gasteiger partial charge in [-0.1, -0.05) is 12.2 Å². The molecule has 1 aliphatic heterocycles. The van der Waals surface area contributed by atoms with Crippen LogP contribution in [0.1, 0.15) is 6.42 Å². The summed E-state index contributed by atoms with van der Waals surface area (Å²) in [6, 6.07) is 0. The average molecular weight is 180 g/mol. The Labute approximate surface area is 76.7 Å². The molecule has 0 spiro atoms. The second kappa shape index (κ2) is 2.22. The van der Waals surface area contributed by atoms with Crippen molar-refractivity contribution >= 4 is 5.78 Å². The van der Waals surface area contributed by atoms with Crippen LogP contribution in [0, 0.1) is 17.8 Å². The topological polar surface area (TPSA) is 35.5 Å². The fourth-order valence-corrected chi connectivity index (χ4v) is 2.88. The molecule has 4 aliphatic rings. The number of hydrogen-bond acceptors (Lipinski definition) is 3. The summed E-state index contributed by atoms with van der Waals surface area (Å²) in [6.07, 6.45) is 5.05. The Morgan fingerprint density at radius 2 is 2.46 bits per heavy atom. The van der Waals surface area contributed by atoms with E-state index in [1.54, 1.807) is 7.11 Å². The van der Waals surface area contributed by atoms with Gasteiger partial charge in [0, 0.05) is 18.9 Å². The summed E-state index contributed by atoms with van der Waals surface area (Å²) in [5.41, 5.74) is 0. The van der Waals surface area contributed by atoms with Crippen molar-refractivity contribution in [2.75, 3.05) is 13.7 Å². The minimum atomic E-state index is -0.914. The fourth-order valence-electron chi connectivity index (χ4n) is 2.88. The van der Waals surface area contributed by atoms with Crippen molar-refractivity contribution in [3.8, 4) is 0 Å². The summed E-state index contributed by atoms with van der Waals surface area (Å²) < 4.78 is 10.8. The molecule has 3 aliphatic carbocycles. The van der Waals surface area contributed by atoms with E-state index < -0.39 is 5.79 Å². The van der Waals surface area contributed by atoms with Crippen molar-refractivity contribution in [3.05, 3.63) is 12.2 Å². The second-order valence-electron chi connectivity index (χ2n) is 4.06. The number of hydrogen-bond donors (Lipinski definition) is 0. The number of carbonyl (C=O) groups is 1. The summed E-state index contributed by atoms with van der Waals surface area (Å²) in [7, 11) is 1.56. The normalized spacial score (nSPS) is 51.8. The molecule has 0 N–H and O–H groups in total. The third kappa shape index (κ3) is 0.708. The molecule has 4 bridgehead atoms. The number of allylic oxidation sites excluding steroid dienone is 1. The van der Waals surface area contributed by atoms with Crippen molar-refractivity contribution in [2.45, 2.75) is 12.2 Å². The van der Waals surface area contributed by atoms with Gasteiger partial charge in [0.15, 0.2) is 5.78 Å². The average Bonchev–Trinajstić information content (AvgIpc) is 2.50. The van der Waals surface area contributed by atoms with Crippen molar-refractivity contribution < 1.29 is 14.3 Å². The lowest BCUT2D eigenvalue weighted by Crippen LogP contribution is -2.54. The number of carbonyl (C=O) groups excluding carboxylic acids is 1. The minimum absolute atomic E-state index is 0.0393. The number of Topliss-reactive ketones (excluding diaryl/α,β-unsaturated/α-hetero) is 1. The lowest BCUT2D eigenvalue weighted by Gasteiger charge is -2.41. The van der Waals surface area contributed by atoms with Crippen LogP contribution in [0.25, 0.3) is 0 Å². The predicted molar refractivity (Wildman–Crippen MR) is 44.9 cm³/mol. The Morgan fingerprint density at radius 1 is 1.62 bits per heavy atom. The van der Waals surface area contributed by atoms with Crippen LogP contribution in [-0.2, 0) is 14.3 Å². The smallest absolute Gasteiger partial charge is 0.236 e. The van der Waals surface area contributed by atoms with Gasteiger partial charge in [0.1, 0.15) is 0 Å². The Balaban J connectivity index is 2.14. The molecule has 3 heteroatoms. The fraction of sp³-hybridized carbons (Fsp3) is 0.700. The first-order chi connectivity index (χ1) is 6.28. The second-order valence-corrected chi connectivity index (χ2v) is 4.06. The van der Waals surface area contributed by atoms with E-state index in [4.69, 9.17) is 9.47 Å². The molecule has 13 heavy (non-hydrogen) atoms. The molecule has 3 nitrogen and oxygen atoms in total. The van der Waals surface area contributed by atoms with Gasteiger partial charge in [0.25, 0.3) is 0 Å². The highest BCUT2D eigenvalue weighted by Crippen LogP contribution is 2.51. The van der Waals surface area contributed by atoms with Gasteiger partial charge in [0.05, 0.1) is 6.61 Å². The van der Waals surface area contributed by atoms with Crippen LogP contribution in [0.5, 0.6) is 0 Å². The summed E-state index contributed by atoms with van der Waals surface area (Å²) in [6.45, 7) is 0.672. The van der Waals surface area contributed by atoms with Crippen LogP contribution in [-0.4, -0.2) is 25.3 Å². The van der Waals surface area contributed by atoms with Gasteiger partial charge < -0.3 is 9.47 Å². The first-order valence-electron chi connectivity index (χ1n) is 4.69. The predicted octanol–water partition coefficient (Wildman–Crippen LogP) is 0.750. The standard InChI is InChI=1S/C10H12O3/c1-12-10-8-3-2-6(9(10)11)4-7(8)5-13-10/h2-3,6-8H,4-5H2,1H3/t6-,7+,8+,10+/m1/s1. The van der Waals surface area contributed by atoms with E-state index in [0.29, 0.717) is 12.5 Å².